The van der Waals surface area contributed by atoms with Gasteiger partial charge in [-0.1, -0.05) is 11.6 Å². The third-order valence-electron chi connectivity index (χ3n) is 2.58. The maximum Gasteiger partial charge on any atom is 0.311 e. The number of amides is 1. The molecule has 8 heteroatoms. The Balaban J connectivity index is 2.03. The summed E-state index contributed by atoms with van der Waals surface area (Å²) in [5.74, 6) is -1.40. The zero-order valence-corrected chi connectivity index (χ0v) is 13.1. The Hall–Kier alpha value is -1.99. The molecule has 5 nitrogen and oxygen atoms in total. The van der Waals surface area contributed by atoms with Crippen molar-refractivity contribution in [3.05, 3.63) is 45.7 Å². The number of carbonyl (C=O) groups is 2. The summed E-state index contributed by atoms with van der Waals surface area (Å²) in [4.78, 5) is 27.5. The van der Waals surface area contributed by atoms with Crippen LogP contribution in [0.4, 0.5) is 9.52 Å². The fraction of sp³-hybridized carbons (Fsp3) is 0.214. The summed E-state index contributed by atoms with van der Waals surface area (Å²) in [6.45, 7) is 2.02. The molecule has 1 aromatic carbocycles. The molecule has 0 spiro atoms. The second kappa shape index (κ2) is 7.33. The van der Waals surface area contributed by atoms with Crippen molar-refractivity contribution in [3.63, 3.8) is 0 Å². The summed E-state index contributed by atoms with van der Waals surface area (Å²) in [7, 11) is 0. The summed E-state index contributed by atoms with van der Waals surface area (Å²) in [5, 5.41) is 4.54. The van der Waals surface area contributed by atoms with Crippen molar-refractivity contribution >= 4 is 39.9 Å². The summed E-state index contributed by atoms with van der Waals surface area (Å²) in [6.07, 6.45) is 0.0392. The first-order chi connectivity index (χ1) is 10.5. The molecule has 0 fully saturated rings. The van der Waals surface area contributed by atoms with E-state index in [-0.39, 0.29) is 23.0 Å². The summed E-state index contributed by atoms with van der Waals surface area (Å²) < 4.78 is 17.8. The highest BCUT2D eigenvalue weighted by molar-refractivity contribution is 7.14. The van der Waals surface area contributed by atoms with E-state index in [1.165, 1.54) is 17.4 Å². The highest BCUT2D eigenvalue weighted by Gasteiger charge is 2.14. The zero-order chi connectivity index (χ0) is 16.1. The van der Waals surface area contributed by atoms with Crippen molar-refractivity contribution in [1.29, 1.82) is 0 Å². The van der Waals surface area contributed by atoms with Crippen molar-refractivity contribution in [3.8, 4) is 0 Å². The molecule has 1 aromatic heterocycles. The monoisotopic (exact) mass is 342 g/mol. The van der Waals surface area contributed by atoms with Crippen LogP contribution in [0.25, 0.3) is 0 Å². The standard InChI is InChI=1S/C14H12ClFN2O3S/c1-2-21-12(19)6-9-7-22-14(17-9)18-13(20)10-4-3-8(16)5-11(10)15/h3-5,7H,2,6H2,1H3,(H,17,18,20). The van der Waals surface area contributed by atoms with Gasteiger partial charge in [0, 0.05) is 5.38 Å². The normalized spacial score (nSPS) is 10.3. The van der Waals surface area contributed by atoms with Gasteiger partial charge in [0.25, 0.3) is 5.91 Å². The number of nitrogens with one attached hydrogen (secondary N) is 1. The van der Waals surface area contributed by atoms with Crippen LogP contribution in [-0.2, 0) is 16.0 Å². The SMILES string of the molecule is CCOC(=O)Cc1csc(NC(=O)c2ccc(F)cc2Cl)n1. The molecule has 0 unspecified atom stereocenters. The van der Waals surface area contributed by atoms with Gasteiger partial charge in [-0.15, -0.1) is 11.3 Å². The van der Waals surface area contributed by atoms with E-state index < -0.39 is 11.7 Å². The summed E-state index contributed by atoms with van der Waals surface area (Å²) >= 11 is 6.99. The van der Waals surface area contributed by atoms with Crippen molar-refractivity contribution in [1.82, 2.24) is 4.98 Å². The molecule has 0 saturated carbocycles. The Bertz CT molecular complexity index is 705. The second-order valence-electron chi connectivity index (χ2n) is 4.20. The quantitative estimate of drug-likeness (QED) is 0.846. The second-order valence-corrected chi connectivity index (χ2v) is 5.47. The number of benzene rings is 1. The van der Waals surface area contributed by atoms with Crippen molar-refractivity contribution in [2.45, 2.75) is 13.3 Å². The lowest BCUT2D eigenvalue weighted by atomic mass is 10.2. The van der Waals surface area contributed by atoms with Gasteiger partial charge in [0.1, 0.15) is 5.82 Å². The molecule has 1 N–H and O–H groups in total. The number of rotatable bonds is 5. The Morgan fingerprint density at radius 2 is 2.23 bits per heavy atom. The van der Waals surface area contributed by atoms with Gasteiger partial charge < -0.3 is 4.74 Å². The van der Waals surface area contributed by atoms with Gasteiger partial charge in [0.15, 0.2) is 5.13 Å². The zero-order valence-electron chi connectivity index (χ0n) is 11.6. The van der Waals surface area contributed by atoms with E-state index >= 15 is 0 Å². The van der Waals surface area contributed by atoms with E-state index in [1.807, 2.05) is 0 Å². The summed E-state index contributed by atoms with van der Waals surface area (Å²) in [6, 6.07) is 3.50. The Kier molecular flexibility index (Phi) is 5.46. The van der Waals surface area contributed by atoms with Gasteiger partial charge >= 0.3 is 5.97 Å². The molecule has 2 aromatic rings. The van der Waals surface area contributed by atoms with Gasteiger partial charge in [-0.05, 0) is 25.1 Å². The molecule has 0 aliphatic rings. The third kappa shape index (κ3) is 4.25. The van der Waals surface area contributed by atoms with Crippen LogP contribution in [0, 0.1) is 5.82 Å². The Morgan fingerprint density at radius 3 is 2.91 bits per heavy atom. The van der Waals surface area contributed by atoms with E-state index in [4.69, 9.17) is 16.3 Å². The van der Waals surface area contributed by atoms with Gasteiger partial charge in [-0.3, -0.25) is 14.9 Å². The van der Waals surface area contributed by atoms with Crippen LogP contribution >= 0.6 is 22.9 Å². The predicted octanol–water partition coefficient (Wildman–Crippen LogP) is 3.29. The first-order valence-corrected chi connectivity index (χ1v) is 7.61. The largest absolute Gasteiger partial charge is 0.466 e. The number of carbonyl (C=O) groups excluding carboxylic acids is 2. The molecule has 0 aliphatic heterocycles. The predicted molar refractivity (Wildman–Crippen MR) is 81.8 cm³/mol. The minimum atomic E-state index is -0.521. The lowest BCUT2D eigenvalue weighted by Gasteiger charge is -2.04. The topological polar surface area (TPSA) is 68.3 Å². The lowest BCUT2D eigenvalue weighted by molar-refractivity contribution is -0.142. The average molecular weight is 343 g/mol. The minimum absolute atomic E-state index is 0.0146. The molecule has 22 heavy (non-hydrogen) atoms. The van der Waals surface area contributed by atoms with Crippen molar-refractivity contribution < 1.29 is 18.7 Å². The smallest absolute Gasteiger partial charge is 0.311 e. The van der Waals surface area contributed by atoms with E-state index in [0.717, 1.165) is 12.1 Å². The Labute approximate surface area is 135 Å². The van der Waals surface area contributed by atoms with Crippen LogP contribution < -0.4 is 5.32 Å². The molecule has 0 bridgehead atoms. The Morgan fingerprint density at radius 1 is 1.45 bits per heavy atom. The fourth-order valence-corrected chi connectivity index (χ4v) is 2.60. The van der Waals surface area contributed by atoms with Crippen molar-refractivity contribution in [2.75, 3.05) is 11.9 Å². The first-order valence-electron chi connectivity index (χ1n) is 6.36. The van der Waals surface area contributed by atoms with Crippen LogP contribution in [-0.4, -0.2) is 23.5 Å². The fourth-order valence-electron chi connectivity index (χ4n) is 1.64. The number of hydrogen-bond donors (Lipinski definition) is 1. The van der Waals surface area contributed by atoms with Gasteiger partial charge in [-0.25, -0.2) is 9.37 Å². The molecule has 1 amide bonds. The lowest BCUT2D eigenvalue weighted by Crippen LogP contribution is -2.13. The molecule has 1 heterocycles. The number of nitrogens with zero attached hydrogens (tertiary/aromatic N) is 1. The van der Waals surface area contributed by atoms with E-state index in [2.05, 4.69) is 10.3 Å². The van der Waals surface area contributed by atoms with Crippen LogP contribution in [0.2, 0.25) is 5.02 Å². The van der Waals surface area contributed by atoms with Gasteiger partial charge in [0.2, 0.25) is 0 Å². The molecule has 0 saturated heterocycles. The molecular formula is C14H12ClFN2O3S. The maximum absolute atomic E-state index is 13.0. The van der Waals surface area contributed by atoms with Crippen LogP contribution in [0.15, 0.2) is 23.6 Å². The summed E-state index contributed by atoms with van der Waals surface area (Å²) in [5.41, 5.74) is 0.647. The highest BCUT2D eigenvalue weighted by Crippen LogP contribution is 2.21. The minimum Gasteiger partial charge on any atom is -0.466 e. The van der Waals surface area contributed by atoms with E-state index in [9.17, 15) is 14.0 Å². The molecule has 116 valence electrons. The highest BCUT2D eigenvalue weighted by atomic mass is 35.5. The van der Waals surface area contributed by atoms with Gasteiger partial charge in [0.05, 0.1) is 29.3 Å². The number of halogens is 2. The van der Waals surface area contributed by atoms with Crippen molar-refractivity contribution in [2.24, 2.45) is 0 Å². The number of aromatic nitrogens is 1. The first kappa shape index (κ1) is 16.4. The van der Waals surface area contributed by atoms with Crippen LogP contribution in [0.1, 0.15) is 23.0 Å². The van der Waals surface area contributed by atoms with E-state index in [1.54, 1.807) is 12.3 Å². The maximum atomic E-state index is 13.0. The molecular weight excluding hydrogens is 331 g/mol. The van der Waals surface area contributed by atoms with E-state index in [0.29, 0.717) is 17.4 Å². The van der Waals surface area contributed by atoms with Crippen LogP contribution in [0.3, 0.4) is 0 Å². The van der Waals surface area contributed by atoms with Gasteiger partial charge in [-0.2, -0.15) is 0 Å². The average Bonchev–Trinajstić information content (AvgIpc) is 2.85. The number of ether oxygens (including phenoxy) is 1. The molecule has 0 atom stereocenters. The molecule has 0 aliphatic carbocycles. The molecule has 0 radical (unpaired) electrons. The van der Waals surface area contributed by atoms with Crippen LogP contribution in [0.5, 0.6) is 0 Å². The number of hydrogen-bond acceptors (Lipinski definition) is 5. The number of esters is 1. The molecule has 2 rings (SSSR count). The number of anilines is 1. The number of thiazole rings is 1. The third-order valence-corrected chi connectivity index (χ3v) is 3.70.